The Bertz CT molecular complexity index is 805. The minimum absolute atomic E-state index is 0.0972. The van der Waals surface area contributed by atoms with Gasteiger partial charge in [0.1, 0.15) is 0 Å². The summed E-state index contributed by atoms with van der Waals surface area (Å²) in [6.07, 6.45) is 5.08. The molecule has 2 aromatic heterocycles. The molecule has 0 fully saturated rings. The Hall–Kier alpha value is -2.88. The molecule has 98 valence electrons. The maximum Gasteiger partial charge on any atom is 0.197 e. The van der Waals surface area contributed by atoms with Crippen LogP contribution in [-0.4, -0.2) is 15.0 Å². The third-order valence-electron chi connectivity index (χ3n) is 3.02. The molecule has 0 atom stereocenters. The quantitative estimate of drug-likeness (QED) is 0.479. The van der Waals surface area contributed by atoms with Gasteiger partial charge in [0.15, 0.2) is 5.43 Å². The smallest absolute Gasteiger partial charge is 0.197 e. The van der Waals surface area contributed by atoms with Crippen molar-refractivity contribution >= 4 is 21.8 Å². The van der Waals surface area contributed by atoms with Crippen LogP contribution in [0.25, 0.3) is 21.8 Å². The van der Waals surface area contributed by atoms with Crippen LogP contribution in [0.1, 0.15) is 0 Å². The van der Waals surface area contributed by atoms with Gasteiger partial charge in [-0.15, -0.1) is 0 Å². The van der Waals surface area contributed by atoms with Crippen molar-refractivity contribution in [2.45, 2.75) is 0 Å². The standard InChI is InChI=1S/C13H9NO.C3H4N2/c15-13-9-5-1-3-7-11(9)14-12-8-4-2-6-10(12)13;1-2-5-3-4-1/h1-8H,(H,14,15);1-3H,(H,4,5). The first-order valence-corrected chi connectivity index (χ1v) is 6.29. The van der Waals surface area contributed by atoms with Gasteiger partial charge in [-0.05, 0) is 24.3 Å². The second kappa shape index (κ2) is 5.40. The molecule has 0 saturated carbocycles. The van der Waals surface area contributed by atoms with Gasteiger partial charge in [0.2, 0.25) is 0 Å². The van der Waals surface area contributed by atoms with Crippen LogP contribution >= 0.6 is 0 Å². The first-order chi connectivity index (χ1) is 9.86. The molecule has 4 heteroatoms. The highest BCUT2D eigenvalue weighted by Crippen LogP contribution is 2.13. The summed E-state index contributed by atoms with van der Waals surface area (Å²) >= 11 is 0. The van der Waals surface area contributed by atoms with Gasteiger partial charge in [-0.3, -0.25) is 4.79 Å². The molecule has 0 amide bonds. The monoisotopic (exact) mass is 263 g/mol. The summed E-state index contributed by atoms with van der Waals surface area (Å²) in [6.45, 7) is 0. The molecule has 2 aromatic carbocycles. The Balaban J connectivity index is 0.000000205. The van der Waals surface area contributed by atoms with Gasteiger partial charge in [0, 0.05) is 34.2 Å². The van der Waals surface area contributed by atoms with Crippen LogP contribution in [0.4, 0.5) is 0 Å². The lowest BCUT2D eigenvalue weighted by molar-refractivity contribution is 1.31. The van der Waals surface area contributed by atoms with Gasteiger partial charge in [0.25, 0.3) is 0 Å². The fourth-order valence-electron chi connectivity index (χ4n) is 2.09. The number of nitrogens with zero attached hydrogens (tertiary/aromatic N) is 1. The summed E-state index contributed by atoms with van der Waals surface area (Å²) in [5, 5.41) is 1.49. The number of imidazole rings is 1. The summed E-state index contributed by atoms with van der Waals surface area (Å²) in [4.78, 5) is 21.7. The molecule has 0 aliphatic rings. The van der Waals surface area contributed by atoms with E-state index in [1.807, 2.05) is 48.5 Å². The Morgan fingerprint density at radius 1 is 0.850 bits per heavy atom. The van der Waals surface area contributed by atoms with Crippen molar-refractivity contribution in [2.75, 3.05) is 0 Å². The number of H-pyrrole nitrogens is 2. The van der Waals surface area contributed by atoms with E-state index in [4.69, 9.17) is 0 Å². The molecule has 4 nitrogen and oxygen atoms in total. The Morgan fingerprint density at radius 2 is 1.45 bits per heavy atom. The number of para-hydroxylation sites is 2. The van der Waals surface area contributed by atoms with Crippen molar-refractivity contribution in [3.8, 4) is 0 Å². The number of pyridine rings is 1. The van der Waals surface area contributed by atoms with Gasteiger partial charge in [-0.2, -0.15) is 0 Å². The van der Waals surface area contributed by atoms with Gasteiger partial charge >= 0.3 is 0 Å². The van der Waals surface area contributed by atoms with Gasteiger partial charge < -0.3 is 9.97 Å². The Morgan fingerprint density at radius 3 is 1.90 bits per heavy atom. The topological polar surface area (TPSA) is 61.5 Å². The summed E-state index contributed by atoms with van der Waals surface area (Å²) < 4.78 is 0. The number of aromatic nitrogens is 3. The SMILES string of the molecule is O=c1c2ccccc2[nH]c2ccccc12.c1c[nH]cn1. The average Bonchev–Trinajstić information content (AvgIpc) is 3.07. The molecule has 4 rings (SSSR count). The van der Waals surface area contributed by atoms with Crippen LogP contribution in [0.15, 0.2) is 72.0 Å². The molecule has 0 spiro atoms. The van der Waals surface area contributed by atoms with E-state index in [0.29, 0.717) is 0 Å². The van der Waals surface area contributed by atoms with Crippen LogP contribution in [-0.2, 0) is 0 Å². The summed E-state index contributed by atoms with van der Waals surface area (Å²) in [5.41, 5.74) is 1.88. The van der Waals surface area contributed by atoms with E-state index in [-0.39, 0.29) is 5.43 Å². The highest BCUT2D eigenvalue weighted by atomic mass is 16.1. The molecule has 0 aliphatic carbocycles. The lowest BCUT2D eigenvalue weighted by Gasteiger charge is -2.01. The average molecular weight is 263 g/mol. The number of hydrogen-bond donors (Lipinski definition) is 2. The maximum absolute atomic E-state index is 12.1. The molecule has 0 radical (unpaired) electrons. The molecule has 2 heterocycles. The van der Waals surface area contributed by atoms with E-state index in [1.165, 1.54) is 0 Å². The third kappa shape index (κ3) is 2.31. The predicted molar refractivity (Wildman–Crippen MR) is 80.7 cm³/mol. The van der Waals surface area contributed by atoms with Gasteiger partial charge in [-0.25, -0.2) is 4.98 Å². The summed E-state index contributed by atoms with van der Waals surface area (Å²) in [7, 11) is 0. The normalized spacial score (nSPS) is 10.2. The van der Waals surface area contributed by atoms with E-state index in [0.717, 1.165) is 21.8 Å². The van der Waals surface area contributed by atoms with E-state index < -0.39 is 0 Å². The van der Waals surface area contributed by atoms with Crippen molar-refractivity contribution < 1.29 is 0 Å². The van der Waals surface area contributed by atoms with Crippen LogP contribution in [0.5, 0.6) is 0 Å². The van der Waals surface area contributed by atoms with Crippen LogP contribution in [0.2, 0.25) is 0 Å². The summed E-state index contributed by atoms with van der Waals surface area (Å²) in [6, 6.07) is 15.1. The molecule has 0 unspecified atom stereocenters. The Labute approximate surface area is 115 Å². The molecule has 0 aliphatic heterocycles. The number of nitrogens with one attached hydrogen (secondary N) is 2. The second-order valence-electron chi connectivity index (χ2n) is 4.31. The van der Waals surface area contributed by atoms with E-state index in [1.54, 1.807) is 18.7 Å². The second-order valence-corrected chi connectivity index (χ2v) is 4.31. The minimum atomic E-state index is 0.0972. The molecule has 2 N–H and O–H groups in total. The molecule has 0 saturated heterocycles. The maximum atomic E-state index is 12.1. The van der Waals surface area contributed by atoms with Gasteiger partial charge in [0.05, 0.1) is 6.33 Å². The molecular weight excluding hydrogens is 250 g/mol. The van der Waals surface area contributed by atoms with Crippen molar-refractivity contribution in [3.05, 3.63) is 77.5 Å². The zero-order valence-corrected chi connectivity index (χ0v) is 10.7. The van der Waals surface area contributed by atoms with Crippen molar-refractivity contribution in [2.24, 2.45) is 0 Å². The predicted octanol–water partition coefficient (Wildman–Crippen LogP) is 3.09. The van der Waals surface area contributed by atoms with E-state index in [2.05, 4.69) is 15.0 Å². The summed E-state index contributed by atoms with van der Waals surface area (Å²) in [5.74, 6) is 0. The minimum Gasteiger partial charge on any atom is -0.354 e. The van der Waals surface area contributed by atoms with Crippen molar-refractivity contribution in [3.63, 3.8) is 0 Å². The van der Waals surface area contributed by atoms with Crippen LogP contribution in [0, 0.1) is 0 Å². The van der Waals surface area contributed by atoms with Crippen molar-refractivity contribution in [1.29, 1.82) is 0 Å². The molecule has 20 heavy (non-hydrogen) atoms. The zero-order chi connectivity index (χ0) is 13.8. The van der Waals surface area contributed by atoms with Crippen LogP contribution in [0.3, 0.4) is 0 Å². The first kappa shape index (κ1) is 12.2. The highest BCUT2D eigenvalue weighted by molar-refractivity contribution is 5.92. The number of aromatic amines is 2. The lowest BCUT2D eigenvalue weighted by atomic mass is 10.1. The Kier molecular flexibility index (Phi) is 3.29. The first-order valence-electron chi connectivity index (χ1n) is 6.29. The van der Waals surface area contributed by atoms with E-state index >= 15 is 0 Å². The zero-order valence-electron chi connectivity index (χ0n) is 10.7. The molecular formula is C16H13N3O. The fourth-order valence-corrected chi connectivity index (χ4v) is 2.09. The number of benzene rings is 2. The lowest BCUT2D eigenvalue weighted by Crippen LogP contribution is -2.03. The third-order valence-corrected chi connectivity index (χ3v) is 3.02. The highest BCUT2D eigenvalue weighted by Gasteiger charge is 2.02. The van der Waals surface area contributed by atoms with Crippen molar-refractivity contribution in [1.82, 2.24) is 15.0 Å². The van der Waals surface area contributed by atoms with E-state index in [9.17, 15) is 4.79 Å². The molecule has 0 bridgehead atoms. The number of rotatable bonds is 0. The molecule has 4 aromatic rings. The number of fused-ring (bicyclic) bond motifs is 2. The van der Waals surface area contributed by atoms with Gasteiger partial charge in [-0.1, -0.05) is 24.3 Å². The van der Waals surface area contributed by atoms with Crippen LogP contribution < -0.4 is 5.43 Å². The largest absolute Gasteiger partial charge is 0.354 e. The fraction of sp³-hybridized carbons (Fsp3) is 0. The number of hydrogen-bond acceptors (Lipinski definition) is 2.